The van der Waals surface area contributed by atoms with Gasteiger partial charge >= 0.3 is 0 Å². The topological polar surface area (TPSA) is 73.3 Å². The van der Waals surface area contributed by atoms with Crippen molar-refractivity contribution in [1.82, 2.24) is 19.9 Å². The zero-order valence-electron chi connectivity index (χ0n) is 21.2. The Hall–Kier alpha value is -3.61. The first kappa shape index (κ1) is 24.1. The largest absolute Gasteiger partial charge is 0.365 e. The maximum absolute atomic E-state index is 11.4. The standard InChI is InChI=1S/C30H34N4O2/c1-20-17-31-21(2)27(20)19-34(15-14-24-18-33(3)28-7-5-4-6-25(24)28)29-12-10-23-16-22(8-11-26(23)29)9-13-30(35)32-36/h4-9,11,13,16-18,29,31,36H,10,12,14-15,19H2,1-3H3,(H,32,35). The lowest BCUT2D eigenvalue weighted by atomic mass is 10.0. The summed E-state index contributed by atoms with van der Waals surface area (Å²) in [5, 5.41) is 10.1. The number of hydrogen-bond donors (Lipinski definition) is 3. The summed E-state index contributed by atoms with van der Waals surface area (Å²) in [6.45, 7) is 6.23. The molecule has 3 N–H and O–H groups in total. The lowest BCUT2D eigenvalue weighted by Crippen LogP contribution is -2.29. The highest BCUT2D eigenvalue weighted by atomic mass is 16.5. The highest BCUT2D eigenvalue weighted by Crippen LogP contribution is 2.38. The fourth-order valence-electron chi connectivity index (χ4n) is 5.67. The molecule has 1 atom stereocenters. The molecule has 1 aliphatic rings. The molecule has 2 heterocycles. The summed E-state index contributed by atoms with van der Waals surface area (Å²) in [6.07, 6.45) is 10.6. The van der Waals surface area contributed by atoms with Crippen molar-refractivity contribution in [3.63, 3.8) is 0 Å². The van der Waals surface area contributed by atoms with Gasteiger partial charge in [-0.3, -0.25) is 14.9 Å². The number of aromatic nitrogens is 2. The second-order valence-corrected chi connectivity index (χ2v) is 9.90. The van der Waals surface area contributed by atoms with Gasteiger partial charge in [-0.25, -0.2) is 5.48 Å². The number of rotatable bonds is 8. The van der Waals surface area contributed by atoms with Gasteiger partial charge in [0.25, 0.3) is 5.91 Å². The molecule has 0 saturated carbocycles. The maximum atomic E-state index is 11.4. The smallest absolute Gasteiger partial charge is 0.267 e. The Morgan fingerprint density at radius 1 is 1.25 bits per heavy atom. The molecule has 0 fully saturated rings. The van der Waals surface area contributed by atoms with Crippen molar-refractivity contribution in [3.05, 3.63) is 100 Å². The first-order chi connectivity index (χ1) is 17.4. The highest BCUT2D eigenvalue weighted by molar-refractivity contribution is 5.90. The van der Waals surface area contributed by atoms with E-state index in [1.807, 2.05) is 0 Å². The summed E-state index contributed by atoms with van der Waals surface area (Å²) in [5.41, 5.74) is 11.9. The number of carbonyl (C=O) groups excluding carboxylic acids is 1. The first-order valence-electron chi connectivity index (χ1n) is 12.6. The summed E-state index contributed by atoms with van der Waals surface area (Å²) < 4.78 is 2.23. The maximum Gasteiger partial charge on any atom is 0.267 e. The van der Waals surface area contributed by atoms with Crippen LogP contribution in [-0.2, 0) is 31.2 Å². The molecule has 36 heavy (non-hydrogen) atoms. The van der Waals surface area contributed by atoms with E-state index in [1.54, 1.807) is 11.6 Å². The van der Waals surface area contributed by atoms with Crippen LogP contribution in [0.3, 0.4) is 0 Å². The van der Waals surface area contributed by atoms with Crippen molar-refractivity contribution in [2.45, 2.75) is 45.7 Å². The first-order valence-corrected chi connectivity index (χ1v) is 12.6. The van der Waals surface area contributed by atoms with Gasteiger partial charge in [-0.1, -0.05) is 36.4 Å². The highest BCUT2D eigenvalue weighted by Gasteiger charge is 2.29. The molecule has 6 heteroatoms. The molecule has 0 bridgehead atoms. The van der Waals surface area contributed by atoms with E-state index in [0.717, 1.165) is 37.9 Å². The van der Waals surface area contributed by atoms with Gasteiger partial charge < -0.3 is 9.55 Å². The molecule has 0 aliphatic heterocycles. The zero-order valence-corrected chi connectivity index (χ0v) is 21.2. The number of fused-ring (bicyclic) bond motifs is 2. The number of carbonyl (C=O) groups is 1. The average Bonchev–Trinajstić information content (AvgIpc) is 3.56. The van der Waals surface area contributed by atoms with E-state index < -0.39 is 5.91 Å². The normalized spacial score (nSPS) is 15.3. The van der Waals surface area contributed by atoms with Crippen LogP contribution in [0.5, 0.6) is 0 Å². The molecule has 0 radical (unpaired) electrons. The van der Waals surface area contributed by atoms with Gasteiger partial charge in [-0.05, 0) is 78.6 Å². The van der Waals surface area contributed by atoms with Crippen LogP contribution in [0.1, 0.15) is 51.5 Å². The Morgan fingerprint density at radius 3 is 2.86 bits per heavy atom. The second-order valence-electron chi connectivity index (χ2n) is 9.90. The van der Waals surface area contributed by atoms with Crippen LogP contribution in [0, 0.1) is 13.8 Å². The van der Waals surface area contributed by atoms with Crippen LogP contribution in [0.2, 0.25) is 0 Å². The number of H-pyrrole nitrogens is 1. The van der Waals surface area contributed by atoms with Crippen molar-refractivity contribution >= 4 is 22.9 Å². The SMILES string of the molecule is Cc1c[nH]c(C)c1CN(CCc1cn(C)c2ccccc12)C1CCc2cc(C=CC(=O)NO)ccc21. The van der Waals surface area contributed by atoms with Crippen LogP contribution in [-0.4, -0.2) is 32.1 Å². The molecule has 0 spiro atoms. The van der Waals surface area contributed by atoms with E-state index in [0.29, 0.717) is 6.04 Å². The minimum Gasteiger partial charge on any atom is -0.365 e. The number of amides is 1. The molecule has 2 aromatic heterocycles. The zero-order chi connectivity index (χ0) is 25.2. The van der Waals surface area contributed by atoms with Crippen LogP contribution in [0.15, 0.2) is 60.9 Å². The van der Waals surface area contributed by atoms with Crippen molar-refractivity contribution in [2.75, 3.05) is 6.54 Å². The fraction of sp³-hybridized carbons (Fsp3) is 0.300. The summed E-state index contributed by atoms with van der Waals surface area (Å²) >= 11 is 0. The fourth-order valence-corrected chi connectivity index (χ4v) is 5.67. The van der Waals surface area contributed by atoms with Gasteiger partial charge in [0.1, 0.15) is 0 Å². The molecule has 0 saturated heterocycles. The average molecular weight is 483 g/mol. The third-order valence-electron chi connectivity index (χ3n) is 7.63. The molecule has 2 aromatic carbocycles. The second kappa shape index (κ2) is 10.2. The van der Waals surface area contributed by atoms with E-state index in [2.05, 4.69) is 90.2 Å². The number of benzene rings is 2. The summed E-state index contributed by atoms with van der Waals surface area (Å²) in [6, 6.07) is 15.4. The molecule has 186 valence electrons. The van der Waals surface area contributed by atoms with E-state index in [-0.39, 0.29) is 0 Å². The van der Waals surface area contributed by atoms with Crippen LogP contribution in [0.4, 0.5) is 0 Å². The molecule has 1 aliphatic carbocycles. The van der Waals surface area contributed by atoms with Gasteiger partial charge in [0.05, 0.1) is 0 Å². The minimum absolute atomic E-state index is 0.349. The van der Waals surface area contributed by atoms with Gasteiger partial charge in [-0.2, -0.15) is 0 Å². The lowest BCUT2D eigenvalue weighted by molar-refractivity contribution is -0.124. The summed E-state index contributed by atoms with van der Waals surface area (Å²) in [5.74, 6) is -0.523. The van der Waals surface area contributed by atoms with Crippen molar-refractivity contribution < 1.29 is 10.0 Å². The van der Waals surface area contributed by atoms with Crippen LogP contribution >= 0.6 is 0 Å². The van der Waals surface area contributed by atoms with Crippen molar-refractivity contribution in [2.24, 2.45) is 7.05 Å². The summed E-state index contributed by atoms with van der Waals surface area (Å²) in [4.78, 5) is 17.4. The van der Waals surface area contributed by atoms with Gasteiger partial charge in [0.15, 0.2) is 0 Å². The lowest BCUT2D eigenvalue weighted by Gasteiger charge is -2.30. The van der Waals surface area contributed by atoms with Gasteiger partial charge in [0, 0.05) is 61.2 Å². The minimum atomic E-state index is -0.523. The number of hydroxylamine groups is 1. The van der Waals surface area contributed by atoms with E-state index in [9.17, 15) is 4.79 Å². The van der Waals surface area contributed by atoms with E-state index in [4.69, 9.17) is 5.21 Å². The molecule has 4 aromatic rings. The van der Waals surface area contributed by atoms with Crippen molar-refractivity contribution in [1.29, 1.82) is 0 Å². The predicted octanol–water partition coefficient (Wildman–Crippen LogP) is 5.37. The van der Waals surface area contributed by atoms with E-state index in [1.165, 1.54) is 50.5 Å². The van der Waals surface area contributed by atoms with Gasteiger partial charge in [-0.15, -0.1) is 0 Å². The number of para-hydroxylation sites is 1. The van der Waals surface area contributed by atoms with Crippen LogP contribution in [0.25, 0.3) is 17.0 Å². The monoisotopic (exact) mass is 482 g/mol. The number of aromatic amines is 1. The Labute approximate surface area is 212 Å². The molecule has 1 unspecified atom stereocenters. The third kappa shape index (κ3) is 4.74. The van der Waals surface area contributed by atoms with Crippen molar-refractivity contribution in [3.8, 4) is 0 Å². The Kier molecular flexibility index (Phi) is 6.81. The predicted molar refractivity (Wildman–Crippen MR) is 144 cm³/mol. The summed E-state index contributed by atoms with van der Waals surface area (Å²) in [7, 11) is 2.12. The molecule has 6 nitrogen and oxygen atoms in total. The Morgan fingerprint density at radius 2 is 2.08 bits per heavy atom. The van der Waals surface area contributed by atoms with Gasteiger partial charge in [0.2, 0.25) is 0 Å². The molecular formula is C30H34N4O2. The quantitative estimate of drug-likeness (QED) is 0.179. The van der Waals surface area contributed by atoms with Crippen LogP contribution < -0.4 is 5.48 Å². The molecule has 1 amide bonds. The molecule has 5 rings (SSSR count). The Balaban J connectivity index is 1.42. The number of hydrogen-bond acceptors (Lipinski definition) is 3. The number of aryl methyl sites for hydroxylation is 4. The number of nitrogens with zero attached hydrogens (tertiary/aromatic N) is 2. The molecular weight excluding hydrogens is 448 g/mol. The third-order valence-corrected chi connectivity index (χ3v) is 7.63. The van der Waals surface area contributed by atoms with E-state index >= 15 is 0 Å². The number of nitrogens with one attached hydrogen (secondary N) is 2. The Bertz CT molecular complexity index is 1410.